The van der Waals surface area contributed by atoms with E-state index in [-0.39, 0.29) is 11.4 Å². The van der Waals surface area contributed by atoms with E-state index in [0.29, 0.717) is 29.2 Å². The molecule has 1 heterocycles. The molecule has 0 unspecified atom stereocenters. The monoisotopic (exact) mass is 430 g/mol. The van der Waals surface area contributed by atoms with E-state index in [1.165, 1.54) is 0 Å². The molecule has 0 aliphatic heterocycles. The van der Waals surface area contributed by atoms with Gasteiger partial charge in [-0.05, 0) is 62.1 Å². The molecule has 8 heteroatoms. The van der Waals surface area contributed by atoms with Crippen molar-refractivity contribution in [2.75, 3.05) is 20.8 Å². The van der Waals surface area contributed by atoms with Crippen LogP contribution in [0.25, 0.3) is 11.1 Å². The fraction of sp³-hybridized carbons (Fsp3) is 0.318. The third kappa shape index (κ3) is 4.49. The predicted molar refractivity (Wildman–Crippen MR) is 115 cm³/mol. The van der Waals surface area contributed by atoms with Gasteiger partial charge in [-0.1, -0.05) is 23.4 Å². The van der Waals surface area contributed by atoms with Gasteiger partial charge < -0.3 is 14.0 Å². The lowest BCUT2D eigenvalue weighted by atomic mass is 10.0. The molecule has 0 bridgehead atoms. The average molecular weight is 431 g/mol. The lowest BCUT2D eigenvalue weighted by Crippen LogP contribution is -2.26. The van der Waals surface area contributed by atoms with Crippen LogP contribution in [-0.4, -0.2) is 34.3 Å². The van der Waals surface area contributed by atoms with Crippen LogP contribution in [-0.2, 0) is 16.4 Å². The summed E-state index contributed by atoms with van der Waals surface area (Å²) in [4.78, 5) is 0.243. The van der Waals surface area contributed by atoms with Crippen molar-refractivity contribution in [1.29, 1.82) is 0 Å². The number of hydrogen-bond acceptors (Lipinski definition) is 6. The van der Waals surface area contributed by atoms with Crippen LogP contribution >= 0.6 is 0 Å². The Labute approximate surface area is 177 Å². The summed E-state index contributed by atoms with van der Waals surface area (Å²) in [6.07, 6.45) is 0.516. The Morgan fingerprint density at radius 2 is 1.73 bits per heavy atom. The van der Waals surface area contributed by atoms with Crippen LogP contribution in [0.2, 0.25) is 0 Å². The molecule has 2 aromatic carbocycles. The second kappa shape index (κ2) is 8.89. The second-order valence-electron chi connectivity index (χ2n) is 7.02. The maximum Gasteiger partial charge on any atom is 0.240 e. The maximum atomic E-state index is 13.0. The van der Waals surface area contributed by atoms with Crippen molar-refractivity contribution in [3.63, 3.8) is 0 Å². The van der Waals surface area contributed by atoms with Crippen molar-refractivity contribution in [1.82, 2.24) is 9.88 Å². The molecule has 0 saturated carbocycles. The summed E-state index contributed by atoms with van der Waals surface area (Å²) in [5.74, 6) is 1.90. The van der Waals surface area contributed by atoms with Gasteiger partial charge in [0.05, 0.1) is 24.8 Å². The van der Waals surface area contributed by atoms with Gasteiger partial charge in [0.15, 0.2) is 11.5 Å². The molecule has 0 atom stereocenters. The largest absolute Gasteiger partial charge is 0.493 e. The van der Waals surface area contributed by atoms with Crippen molar-refractivity contribution in [2.24, 2.45) is 0 Å². The highest BCUT2D eigenvalue weighted by atomic mass is 32.2. The van der Waals surface area contributed by atoms with Gasteiger partial charge in [0, 0.05) is 12.1 Å². The van der Waals surface area contributed by atoms with Crippen molar-refractivity contribution < 1.29 is 22.4 Å². The number of ether oxygens (including phenoxy) is 2. The number of rotatable bonds is 8. The van der Waals surface area contributed by atoms with Crippen LogP contribution in [0.3, 0.4) is 0 Å². The predicted octanol–water partition coefficient (Wildman–Crippen LogP) is 3.81. The average Bonchev–Trinajstić information content (AvgIpc) is 3.06. The Morgan fingerprint density at radius 1 is 1.00 bits per heavy atom. The molecule has 160 valence electrons. The summed E-state index contributed by atoms with van der Waals surface area (Å²) < 4.78 is 44.4. The minimum atomic E-state index is -3.69. The highest BCUT2D eigenvalue weighted by molar-refractivity contribution is 7.89. The summed E-state index contributed by atoms with van der Waals surface area (Å²) in [6.45, 7) is 5.68. The van der Waals surface area contributed by atoms with E-state index in [0.717, 1.165) is 22.4 Å². The van der Waals surface area contributed by atoms with E-state index >= 15 is 0 Å². The highest BCUT2D eigenvalue weighted by Gasteiger charge is 2.20. The summed E-state index contributed by atoms with van der Waals surface area (Å²) in [7, 11) is -0.543. The molecule has 7 nitrogen and oxygen atoms in total. The number of nitrogens with one attached hydrogen (secondary N) is 1. The van der Waals surface area contributed by atoms with Gasteiger partial charge in [-0.2, -0.15) is 0 Å². The van der Waals surface area contributed by atoms with Gasteiger partial charge in [0.2, 0.25) is 10.0 Å². The Balaban J connectivity index is 1.78. The SMILES string of the molecule is COc1ccc(CCNS(=O)(=O)c2cc(-c3c(C)noc3C)ccc2C)cc1OC. The minimum Gasteiger partial charge on any atom is -0.493 e. The molecule has 0 aliphatic rings. The number of aromatic nitrogens is 1. The van der Waals surface area contributed by atoms with Gasteiger partial charge in [-0.15, -0.1) is 0 Å². The van der Waals surface area contributed by atoms with E-state index in [4.69, 9.17) is 14.0 Å². The number of benzene rings is 2. The zero-order chi connectivity index (χ0) is 21.9. The molecule has 0 saturated heterocycles. The van der Waals surface area contributed by atoms with Crippen LogP contribution in [0.4, 0.5) is 0 Å². The fourth-order valence-electron chi connectivity index (χ4n) is 3.38. The third-order valence-electron chi connectivity index (χ3n) is 4.95. The number of nitrogens with zero attached hydrogens (tertiary/aromatic N) is 1. The summed E-state index contributed by atoms with van der Waals surface area (Å²) in [5.41, 5.74) is 3.91. The fourth-order valence-corrected chi connectivity index (χ4v) is 4.68. The quantitative estimate of drug-likeness (QED) is 0.584. The molecule has 0 aliphatic carbocycles. The molecule has 0 fully saturated rings. The zero-order valence-electron chi connectivity index (χ0n) is 17.8. The Kier molecular flexibility index (Phi) is 6.48. The second-order valence-corrected chi connectivity index (χ2v) is 8.75. The Hall–Kier alpha value is -2.84. The molecule has 1 N–H and O–H groups in total. The molecule has 1 aromatic heterocycles. The van der Waals surface area contributed by atoms with Gasteiger partial charge in [0.25, 0.3) is 0 Å². The smallest absolute Gasteiger partial charge is 0.240 e. The molecule has 0 spiro atoms. The molecule has 3 aromatic rings. The first-order valence-electron chi connectivity index (χ1n) is 9.51. The molecular formula is C22H26N2O5S. The van der Waals surface area contributed by atoms with Gasteiger partial charge in [-0.25, -0.2) is 13.1 Å². The first-order chi connectivity index (χ1) is 14.3. The maximum absolute atomic E-state index is 13.0. The zero-order valence-corrected chi connectivity index (χ0v) is 18.6. The first kappa shape index (κ1) is 21.9. The number of sulfonamides is 1. The molecule has 0 radical (unpaired) electrons. The van der Waals surface area contributed by atoms with E-state index in [2.05, 4.69) is 9.88 Å². The Bertz CT molecular complexity index is 1130. The van der Waals surface area contributed by atoms with Crippen LogP contribution in [0.15, 0.2) is 45.8 Å². The number of aryl methyl sites for hydroxylation is 3. The van der Waals surface area contributed by atoms with Crippen molar-refractivity contribution in [3.05, 3.63) is 59.0 Å². The minimum absolute atomic E-state index is 0.243. The molecule has 30 heavy (non-hydrogen) atoms. The van der Waals surface area contributed by atoms with Crippen molar-refractivity contribution in [3.8, 4) is 22.6 Å². The van der Waals surface area contributed by atoms with Crippen LogP contribution in [0.1, 0.15) is 22.6 Å². The van der Waals surface area contributed by atoms with Crippen LogP contribution < -0.4 is 14.2 Å². The van der Waals surface area contributed by atoms with Gasteiger partial charge >= 0.3 is 0 Å². The Morgan fingerprint density at radius 3 is 2.37 bits per heavy atom. The van der Waals surface area contributed by atoms with E-state index < -0.39 is 10.0 Å². The number of methoxy groups -OCH3 is 2. The highest BCUT2D eigenvalue weighted by Crippen LogP contribution is 2.30. The van der Waals surface area contributed by atoms with E-state index in [1.54, 1.807) is 39.3 Å². The standard InChI is InChI=1S/C22H26N2O5S/c1-14-6-8-18(22-15(2)24-29-16(22)3)13-21(14)30(25,26)23-11-10-17-7-9-19(27-4)20(12-17)28-5/h6-9,12-13,23H,10-11H2,1-5H3. The molecule has 3 rings (SSSR count). The number of hydrogen-bond donors (Lipinski definition) is 1. The topological polar surface area (TPSA) is 90.7 Å². The lowest BCUT2D eigenvalue weighted by Gasteiger charge is -2.12. The first-order valence-corrected chi connectivity index (χ1v) is 11.0. The summed E-state index contributed by atoms with van der Waals surface area (Å²) in [6, 6.07) is 10.9. The van der Waals surface area contributed by atoms with E-state index in [1.807, 2.05) is 32.0 Å². The van der Waals surface area contributed by atoms with Crippen molar-refractivity contribution in [2.45, 2.75) is 32.1 Å². The van der Waals surface area contributed by atoms with E-state index in [9.17, 15) is 8.42 Å². The molecule has 0 amide bonds. The van der Waals surface area contributed by atoms with Crippen LogP contribution in [0, 0.1) is 20.8 Å². The van der Waals surface area contributed by atoms with Gasteiger partial charge in [-0.3, -0.25) is 0 Å². The lowest BCUT2D eigenvalue weighted by molar-refractivity contribution is 0.354. The van der Waals surface area contributed by atoms with Gasteiger partial charge in [0.1, 0.15) is 5.76 Å². The van der Waals surface area contributed by atoms with Crippen LogP contribution in [0.5, 0.6) is 11.5 Å². The normalized spacial score (nSPS) is 11.5. The third-order valence-corrected chi connectivity index (χ3v) is 6.56. The summed E-state index contributed by atoms with van der Waals surface area (Å²) in [5, 5.41) is 3.96. The molecular weight excluding hydrogens is 404 g/mol. The van der Waals surface area contributed by atoms with Crippen molar-refractivity contribution >= 4 is 10.0 Å². The summed E-state index contributed by atoms with van der Waals surface area (Å²) >= 11 is 0.